The molecule has 0 aliphatic carbocycles. The number of unbranched alkanes of at least 4 members (excludes halogenated alkanes) is 2. The number of amides is 1. The van der Waals surface area contributed by atoms with Crippen LogP contribution in [0.5, 0.6) is 5.75 Å². The Morgan fingerprint density at radius 1 is 1.03 bits per heavy atom. The van der Waals surface area contributed by atoms with Gasteiger partial charge in [0.2, 0.25) is 0 Å². The maximum atomic E-state index is 11.9. The third kappa shape index (κ3) is 6.61. The van der Waals surface area contributed by atoms with E-state index in [1.807, 2.05) is 30.3 Å². The van der Waals surface area contributed by atoms with Crippen molar-refractivity contribution in [1.82, 2.24) is 14.9 Å². The standard InChI is InChI=1S/C25H33N3O2/c1-20(2)16-18-28-23-14-9-8-13-22(23)27-24(28)15-7-4-10-17-26-25(29)19-30-21-11-5-3-6-12-21/h3,5-6,8-9,11-14,20H,4,7,10,15-19H2,1-2H3,(H,26,29). The zero-order chi connectivity index (χ0) is 21.2. The third-order valence-corrected chi connectivity index (χ3v) is 5.18. The Balaban J connectivity index is 1.38. The van der Waals surface area contributed by atoms with Gasteiger partial charge in [-0.05, 0) is 49.4 Å². The smallest absolute Gasteiger partial charge is 0.257 e. The first-order valence-electron chi connectivity index (χ1n) is 11.0. The summed E-state index contributed by atoms with van der Waals surface area (Å²) in [6, 6.07) is 17.8. The van der Waals surface area contributed by atoms with Gasteiger partial charge in [0.25, 0.3) is 5.91 Å². The molecular formula is C25H33N3O2. The molecule has 0 aliphatic rings. The van der Waals surface area contributed by atoms with Crippen LogP contribution in [0.4, 0.5) is 0 Å². The number of ether oxygens (including phenoxy) is 1. The molecule has 0 unspecified atom stereocenters. The molecule has 2 aromatic carbocycles. The van der Waals surface area contributed by atoms with Crippen molar-refractivity contribution < 1.29 is 9.53 Å². The average molecular weight is 408 g/mol. The summed E-state index contributed by atoms with van der Waals surface area (Å²) in [5.74, 6) is 2.49. The lowest BCUT2D eigenvalue weighted by atomic mass is 10.1. The molecule has 5 heteroatoms. The van der Waals surface area contributed by atoms with Gasteiger partial charge in [-0.25, -0.2) is 4.98 Å². The summed E-state index contributed by atoms with van der Waals surface area (Å²) >= 11 is 0. The number of fused-ring (bicyclic) bond motifs is 1. The van der Waals surface area contributed by atoms with Gasteiger partial charge in [-0.3, -0.25) is 4.79 Å². The minimum atomic E-state index is -0.0747. The van der Waals surface area contributed by atoms with Gasteiger partial charge in [0.15, 0.2) is 6.61 Å². The predicted octanol–water partition coefficient (Wildman–Crippen LogP) is 4.99. The first kappa shape index (κ1) is 21.9. The number of benzene rings is 2. The molecule has 0 saturated carbocycles. The molecule has 0 bridgehead atoms. The van der Waals surface area contributed by atoms with Crippen LogP contribution in [-0.4, -0.2) is 28.6 Å². The fraction of sp³-hybridized carbons (Fsp3) is 0.440. The Labute approximate surface area is 179 Å². The van der Waals surface area contributed by atoms with Gasteiger partial charge in [0.05, 0.1) is 11.0 Å². The molecule has 0 atom stereocenters. The molecular weight excluding hydrogens is 374 g/mol. The van der Waals surface area contributed by atoms with E-state index in [4.69, 9.17) is 9.72 Å². The van der Waals surface area contributed by atoms with Crippen molar-refractivity contribution in [2.45, 2.75) is 52.5 Å². The molecule has 0 spiro atoms. The van der Waals surface area contributed by atoms with E-state index < -0.39 is 0 Å². The Kier molecular flexibility index (Phi) is 8.30. The third-order valence-electron chi connectivity index (χ3n) is 5.18. The highest BCUT2D eigenvalue weighted by Gasteiger charge is 2.10. The molecule has 1 amide bonds. The van der Waals surface area contributed by atoms with Crippen LogP contribution in [0.3, 0.4) is 0 Å². The number of carbonyl (C=O) groups excluding carboxylic acids is 1. The molecule has 1 N–H and O–H groups in total. The van der Waals surface area contributed by atoms with Crippen molar-refractivity contribution in [3.8, 4) is 5.75 Å². The van der Waals surface area contributed by atoms with Crippen molar-refractivity contribution in [2.75, 3.05) is 13.2 Å². The van der Waals surface area contributed by atoms with Gasteiger partial charge < -0.3 is 14.6 Å². The van der Waals surface area contributed by atoms with Crippen molar-refractivity contribution in [3.05, 3.63) is 60.4 Å². The molecule has 30 heavy (non-hydrogen) atoms. The summed E-state index contributed by atoms with van der Waals surface area (Å²) in [7, 11) is 0. The van der Waals surface area contributed by atoms with Crippen molar-refractivity contribution >= 4 is 16.9 Å². The second-order valence-corrected chi connectivity index (χ2v) is 8.11. The maximum absolute atomic E-state index is 11.9. The quantitative estimate of drug-likeness (QED) is 0.430. The first-order chi connectivity index (χ1) is 14.6. The van der Waals surface area contributed by atoms with Crippen molar-refractivity contribution in [2.24, 2.45) is 5.92 Å². The SMILES string of the molecule is CC(C)CCn1c(CCCCCNC(=O)COc2ccccc2)nc2ccccc21. The molecule has 3 aromatic rings. The van der Waals surface area contributed by atoms with E-state index in [1.165, 1.54) is 11.3 Å². The van der Waals surface area contributed by atoms with E-state index in [0.29, 0.717) is 18.2 Å². The number of nitrogens with zero attached hydrogens (tertiary/aromatic N) is 2. The van der Waals surface area contributed by atoms with Gasteiger partial charge >= 0.3 is 0 Å². The Morgan fingerprint density at radius 3 is 2.60 bits per heavy atom. The molecule has 0 aliphatic heterocycles. The van der Waals surface area contributed by atoms with Crippen LogP contribution >= 0.6 is 0 Å². The summed E-state index contributed by atoms with van der Waals surface area (Å²) < 4.78 is 7.85. The monoisotopic (exact) mass is 407 g/mol. The molecule has 3 rings (SSSR count). The molecule has 0 radical (unpaired) electrons. The number of hydrogen-bond acceptors (Lipinski definition) is 3. The number of carbonyl (C=O) groups is 1. The van der Waals surface area contributed by atoms with Crippen molar-refractivity contribution in [1.29, 1.82) is 0 Å². The number of imidazole rings is 1. The van der Waals surface area contributed by atoms with Crippen LogP contribution < -0.4 is 10.1 Å². The van der Waals surface area contributed by atoms with Crippen LogP contribution in [0, 0.1) is 5.92 Å². The second-order valence-electron chi connectivity index (χ2n) is 8.11. The lowest BCUT2D eigenvalue weighted by molar-refractivity contribution is -0.123. The van der Waals surface area contributed by atoms with Crippen LogP contribution in [0.2, 0.25) is 0 Å². The van der Waals surface area contributed by atoms with E-state index in [9.17, 15) is 4.79 Å². The summed E-state index contributed by atoms with van der Waals surface area (Å²) in [4.78, 5) is 16.8. The predicted molar refractivity (Wildman–Crippen MR) is 122 cm³/mol. The highest BCUT2D eigenvalue weighted by atomic mass is 16.5. The molecule has 160 valence electrons. The number of para-hydroxylation sites is 3. The maximum Gasteiger partial charge on any atom is 0.257 e. The van der Waals surface area contributed by atoms with E-state index >= 15 is 0 Å². The van der Waals surface area contributed by atoms with Gasteiger partial charge in [0.1, 0.15) is 11.6 Å². The summed E-state index contributed by atoms with van der Waals surface area (Å²) in [6.07, 6.45) is 5.22. The summed E-state index contributed by atoms with van der Waals surface area (Å²) in [6.45, 7) is 6.28. The van der Waals surface area contributed by atoms with Gasteiger partial charge in [0, 0.05) is 19.5 Å². The lowest BCUT2D eigenvalue weighted by Gasteiger charge is -2.11. The second kappa shape index (κ2) is 11.4. The van der Waals surface area contributed by atoms with Gasteiger partial charge in [-0.1, -0.05) is 50.6 Å². The minimum absolute atomic E-state index is 0.0594. The molecule has 1 aromatic heterocycles. The zero-order valence-corrected chi connectivity index (χ0v) is 18.1. The van der Waals surface area contributed by atoms with E-state index in [1.54, 1.807) is 0 Å². The van der Waals surface area contributed by atoms with E-state index in [0.717, 1.165) is 44.2 Å². The zero-order valence-electron chi connectivity index (χ0n) is 18.1. The summed E-state index contributed by atoms with van der Waals surface area (Å²) in [5.41, 5.74) is 2.32. The van der Waals surface area contributed by atoms with Crippen LogP contribution in [0.25, 0.3) is 11.0 Å². The van der Waals surface area contributed by atoms with Gasteiger partial charge in [-0.15, -0.1) is 0 Å². The molecule has 5 nitrogen and oxygen atoms in total. The Morgan fingerprint density at radius 2 is 1.80 bits per heavy atom. The summed E-state index contributed by atoms with van der Waals surface area (Å²) in [5, 5.41) is 2.93. The lowest BCUT2D eigenvalue weighted by Crippen LogP contribution is -2.29. The minimum Gasteiger partial charge on any atom is -0.484 e. The highest BCUT2D eigenvalue weighted by Crippen LogP contribution is 2.19. The van der Waals surface area contributed by atoms with E-state index in [2.05, 4.69) is 48.0 Å². The molecule has 0 fully saturated rings. The Hall–Kier alpha value is -2.82. The van der Waals surface area contributed by atoms with Crippen LogP contribution in [0.1, 0.15) is 45.4 Å². The number of aryl methyl sites for hydroxylation is 2. The van der Waals surface area contributed by atoms with Crippen LogP contribution in [0.15, 0.2) is 54.6 Å². The normalized spacial score (nSPS) is 11.2. The molecule has 0 saturated heterocycles. The Bertz CT molecular complexity index is 919. The largest absolute Gasteiger partial charge is 0.484 e. The highest BCUT2D eigenvalue weighted by molar-refractivity contribution is 5.77. The topological polar surface area (TPSA) is 56.2 Å². The fourth-order valence-electron chi connectivity index (χ4n) is 3.48. The van der Waals surface area contributed by atoms with Crippen LogP contribution in [-0.2, 0) is 17.8 Å². The van der Waals surface area contributed by atoms with Gasteiger partial charge in [-0.2, -0.15) is 0 Å². The number of hydrogen-bond donors (Lipinski definition) is 1. The van der Waals surface area contributed by atoms with E-state index in [-0.39, 0.29) is 12.5 Å². The molecule has 1 heterocycles. The average Bonchev–Trinajstić information content (AvgIpc) is 3.11. The number of nitrogens with one attached hydrogen (secondary N) is 1. The van der Waals surface area contributed by atoms with Crippen molar-refractivity contribution in [3.63, 3.8) is 0 Å². The fourth-order valence-corrected chi connectivity index (χ4v) is 3.48. The number of rotatable bonds is 12. The first-order valence-corrected chi connectivity index (χ1v) is 11.0. The number of aromatic nitrogens is 2.